The lowest BCUT2D eigenvalue weighted by molar-refractivity contribution is -0.140. The molecule has 0 radical (unpaired) electrons. The van der Waals surface area contributed by atoms with Gasteiger partial charge in [-0.2, -0.15) is 0 Å². The van der Waals surface area contributed by atoms with E-state index < -0.39 is 17.5 Å². The Morgan fingerprint density at radius 2 is 1.80 bits per heavy atom. The van der Waals surface area contributed by atoms with E-state index in [1.165, 1.54) is 6.20 Å². The summed E-state index contributed by atoms with van der Waals surface area (Å²) in [6.07, 6.45) is 2.07. The van der Waals surface area contributed by atoms with Crippen LogP contribution in [0.3, 0.4) is 0 Å². The molecule has 3 N–H and O–H groups in total. The molecular formula is C19H18N2O4. The van der Waals surface area contributed by atoms with Crippen molar-refractivity contribution in [2.45, 2.75) is 13.0 Å². The Hall–Kier alpha value is -3.28. The highest BCUT2D eigenvalue weighted by Crippen LogP contribution is 2.28. The summed E-state index contributed by atoms with van der Waals surface area (Å²) in [4.78, 5) is 24.2. The number of nitrogens with zero attached hydrogens (tertiary/aromatic N) is 1. The Morgan fingerprint density at radius 1 is 1.08 bits per heavy atom. The number of aliphatic carboxylic acids is 2. The predicted octanol–water partition coefficient (Wildman–Crippen LogP) is 2.71. The van der Waals surface area contributed by atoms with Crippen molar-refractivity contribution < 1.29 is 19.8 Å². The number of fused-ring (bicyclic) bond motifs is 1. The zero-order chi connectivity index (χ0) is 17.8. The molecule has 2 aromatic carbocycles. The largest absolute Gasteiger partial charge is 0.477 e. The molecule has 2 aromatic rings. The lowest BCUT2D eigenvalue weighted by atomic mass is 10.1. The molecule has 0 fully saturated rings. The van der Waals surface area contributed by atoms with E-state index >= 15 is 0 Å². The number of hydrogen-bond acceptors (Lipinski definition) is 4. The van der Waals surface area contributed by atoms with E-state index in [0.29, 0.717) is 6.54 Å². The summed E-state index contributed by atoms with van der Waals surface area (Å²) < 4.78 is 0. The zero-order valence-corrected chi connectivity index (χ0v) is 13.5. The fourth-order valence-corrected chi connectivity index (χ4v) is 2.82. The second-order valence-electron chi connectivity index (χ2n) is 5.78. The topological polar surface area (TPSA) is 89.9 Å². The molecule has 0 aromatic heterocycles. The van der Waals surface area contributed by atoms with Crippen LogP contribution in [0.15, 0.2) is 60.3 Å². The SMILES string of the molecule is O=C(O)C(=CN(Cc1ccccc1)c1ccc2c(c1)CCN2)C(=O)O. The van der Waals surface area contributed by atoms with Crippen molar-refractivity contribution in [1.29, 1.82) is 0 Å². The first kappa shape index (κ1) is 16.6. The van der Waals surface area contributed by atoms with Gasteiger partial charge in [0.25, 0.3) is 0 Å². The molecule has 128 valence electrons. The Labute approximate surface area is 145 Å². The van der Waals surface area contributed by atoms with E-state index in [-0.39, 0.29) is 0 Å². The van der Waals surface area contributed by atoms with Gasteiger partial charge in [-0.25, -0.2) is 9.59 Å². The average Bonchev–Trinajstić information content (AvgIpc) is 3.06. The number of carbonyl (C=O) groups is 2. The van der Waals surface area contributed by atoms with Gasteiger partial charge in [0.1, 0.15) is 0 Å². The molecule has 0 amide bonds. The summed E-state index contributed by atoms with van der Waals surface area (Å²) in [6.45, 7) is 1.24. The molecule has 0 unspecified atom stereocenters. The van der Waals surface area contributed by atoms with E-state index in [1.54, 1.807) is 4.90 Å². The molecule has 1 aliphatic rings. The Balaban J connectivity index is 2.00. The quantitative estimate of drug-likeness (QED) is 0.426. The number of carboxylic acids is 2. The van der Waals surface area contributed by atoms with Crippen LogP contribution in [0, 0.1) is 0 Å². The summed E-state index contributed by atoms with van der Waals surface area (Å²) in [5.41, 5.74) is 3.23. The van der Waals surface area contributed by atoms with Gasteiger partial charge in [-0.15, -0.1) is 0 Å². The number of benzene rings is 2. The number of carboxylic acid groups (broad SMARTS) is 2. The summed E-state index contributed by atoms with van der Waals surface area (Å²) in [6, 6.07) is 15.3. The second kappa shape index (κ2) is 7.09. The summed E-state index contributed by atoms with van der Waals surface area (Å²) in [7, 11) is 0. The van der Waals surface area contributed by atoms with Gasteiger partial charge in [-0.1, -0.05) is 30.3 Å². The summed E-state index contributed by atoms with van der Waals surface area (Å²) in [5, 5.41) is 21.6. The minimum absolute atomic E-state index is 0.372. The minimum Gasteiger partial charge on any atom is -0.477 e. The molecule has 3 rings (SSSR count). The standard InChI is InChI=1S/C19H18N2O4/c22-18(23)16(19(24)25)12-21(11-13-4-2-1-3-5-13)15-6-7-17-14(10-15)8-9-20-17/h1-7,10,12,20H,8-9,11H2,(H,22,23)(H,24,25). The normalized spacial score (nSPS) is 12.0. The van der Waals surface area contributed by atoms with E-state index in [4.69, 9.17) is 0 Å². The van der Waals surface area contributed by atoms with Crippen molar-refractivity contribution in [1.82, 2.24) is 0 Å². The molecule has 6 nitrogen and oxygen atoms in total. The predicted molar refractivity (Wildman–Crippen MR) is 94.6 cm³/mol. The average molecular weight is 338 g/mol. The molecular weight excluding hydrogens is 320 g/mol. The fourth-order valence-electron chi connectivity index (χ4n) is 2.82. The maximum atomic E-state index is 11.3. The van der Waals surface area contributed by atoms with Gasteiger partial charge in [0.05, 0.1) is 0 Å². The van der Waals surface area contributed by atoms with E-state index in [9.17, 15) is 19.8 Å². The number of rotatable bonds is 6. The van der Waals surface area contributed by atoms with E-state index in [2.05, 4.69) is 5.32 Å². The van der Waals surface area contributed by atoms with Crippen molar-refractivity contribution in [3.8, 4) is 0 Å². The van der Waals surface area contributed by atoms with Gasteiger partial charge in [-0.05, 0) is 35.7 Å². The van der Waals surface area contributed by atoms with Crippen LogP contribution in [0.1, 0.15) is 11.1 Å². The van der Waals surface area contributed by atoms with E-state index in [0.717, 1.165) is 35.5 Å². The summed E-state index contributed by atoms with van der Waals surface area (Å²) in [5.74, 6) is -2.93. The summed E-state index contributed by atoms with van der Waals surface area (Å²) >= 11 is 0. The highest BCUT2D eigenvalue weighted by Gasteiger charge is 2.20. The second-order valence-corrected chi connectivity index (χ2v) is 5.78. The molecule has 0 spiro atoms. The molecule has 0 bridgehead atoms. The highest BCUT2D eigenvalue weighted by molar-refractivity contribution is 6.12. The van der Waals surface area contributed by atoms with Gasteiger partial charge < -0.3 is 20.4 Å². The Morgan fingerprint density at radius 3 is 2.48 bits per heavy atom. The van der Waals surface area contributed by atoms with Crippen LogP contribution in [0.5, 0.6) is 0 Å². The Bertz CT molecular complexity index is 815. The van der Waals surface area contributed by atoms with Crippen LogP contribution in [-0.4, -0.2) is 28.7 Å². The van der Waals surface area contributed by atoms with Crippen LogP contribution in [0.25, 0.3) is 0 Å². The van der Waals surface area contributed by atoms with Gasteiger partial charge in [0.2, 0.25) is 0 Å². The number of hydrogen-bond donors (Lipinski definition) is 3. The molecule has 25 heavy (non-hydrogen) atoms. The lowest BCUT2D eigenvalue weighted by Gasteiger charge is -2.22. The Kier molecular flexibility index (Phi) is 4.70. The van der Waals surface area contributed by atoms with E-state index in [1.807, 2.05) is 48.5 Å². The molecule has 0 saturated carbocycles. The van der Waals surface area contributed by atoms with Gasteiger partial charge >= 0.3 is 11.9 Å². The van der Waals surface area contributed by atoms with Crippen LogP contribution >= 0.6 is 0 Å². The van der Waals surface area contributed by atoms with Gasteiger partial charge in [0, 0.05) is 30.7 Å². The third-order valence-electron chi connectivity index (χ3n) is 4.07. The van der Waals surface area contributed by atoms with Gasteiger partial charge in [0.15, 0.2) is 5.57 Å². The molecule has 0 saturated heterocycles. The van der Waals surface area contributed by atoms with Crippen LogP contribution in [-0.2, 0) is 22.6 Å². The molecule has 6 heteroatoms. The van der Waals surface area contributed by atoms with Crippen molar-refractivity contribution in [3.63, 3.8) is 0 Å². The monoisotopic (exact) mass is 338 g/mol. The van der Waals surface area contributed by atoms with Crippen molar-refractivity contribution in [2.75, 3.05) is 16.8 Å². The van der Waals surface area contributed by atoms with Crippen molar-refractivity contribution in [2.24, 2.45) is 0 Å². The number of anilines is 2. The van der Waals surface area contributed by atoms with Crippen molar-refractivity contribution in [3.05, 3.63) is 71.4 Å². The zero-order valence-electron chi connectivity index (χ0n) is 13.5. The molecule has 1 aliphatic heterocycles. The third kappa shape index (κ3) is 3.80. The smallest absolute Gasteiger partial charge is 0.344 e. The fraction of sp³-hybridized carbons (Fsp3) is 0.158. The molecule has 0 atom stereocenters. The highest BCUT2D eigenvalue weighted by atomic mass is 16.4. The van der Waals surface area contributed by atoms with Gasteiger partial charge in [-0.3, -0.25) is 0 Å². The van der Waals surface area contributed by atoms with Crippen LogP contribution in [0.4, 0.5) is 11.4 Å². The molecule has 0 aliphatic carbocycles. The third-order valence-corrected chi connectivity index (χ3v) is 4.07. The molecule has 1 heterocycles. The van der Waals surface area contributed by atoms with Crippen LogP contribution in [0.2, 0.25) is 0 Å². The maximum absolute atomic E-state index is 11.3. The van der Waals surface area contributed by atoms with Crippen molar-refractivity contribution >= 4 is 23.3 Å². The first-order chi connectivity index (χ1) is 12.0. The van der Waals surface area contributed by atoms with Crippen LogP contribution < -0.4 is 10.2 Å². The lowest BCUT2D eigenvalue weighted by Crippen LogP contribution is -2.21. The maximum Gasteiger partial charge on any atom is 0.344 e. The first-order valence-electron chi connectivity index (χ1n) is 7.90. The number of nitrogens with one attached hydrogen (secondary N) is 1. The minimum atomic E-state index is -1.46. The first-order valence-corrected chi connectivity index (χ1v) is 7.90.